The number of benzene rings is 1. The van der Waals surface area contributed by atoms with Gasteiger partial charge in [0.25, 0.3) is 0 Å². The highest BCUT2D eigenvalue weighted by molar-refractivity contribution is 6.30. The third-order valence-corrected chi connectivity index (χ3v) is 2.96. The summed E-state index contributed by atoms with van der Waals surface area (Å²) in [5, 5.41) is 9.75. The largest absolute Gasteiger partial charge is 0.437 e. The van der Waals surface area contributed by atoms with Crippen LogP contribution in [-0.4, -0.2) is 4.98 Å². The fourth-order valence-electron chi connectivity index (χ4n) is 1.85. The second-order valence-corrected chi connectivity index (χ2v) is 4.82. The normalized spacial score (nSPS) is 10.1. The Morgan fingerprint density at radius 1 is 1.16 bits per heavy atom. The van der Waals surface area contributed by atoms with E-state index in [0.717, 1.165) is 16.8 Å². The monoisotopic (exact) mass is 272 g/mol. The van der Waals surface area contributed by atoms with Gasteiger partial charge in [0, 0.05) is 10.7 Å². The maximum absolute atomic E-state index is 9.08. The van der Waals surface area contributed by atoms with Gasteiger partial charge in [-0.15, -0.1) is 0 Å². The van der Waals surface area contributed by atoms with E-state index in [0.29, 0.717) is 22.2 Å². The summed E-state index contributed by atoms with van der Waals surface area (Å²) in [6.07, 6.45) is 0. The fourth-order valence-corrected chi connectivity index (χ4v) is 2.18. The number of nitrogens with zero attached hydrogens (tertiary/aromatic N) is 2. The zero-order valence-corrected chi connectivity index (χ0v) is 11.7. The number of aryl methyl sites for hydroxylation is 3. The van der Waals surface area contributed by atoms with Gasteiger partial charge in [-0.05, 0) is 56.2 Å². The molecule has 0 saturated heterocycles. The van der Waals surface area contributed by atoms with Gasteiger partial charge in [0.1, 0.15) is 17.4 Å². The van der Waals surface area contributed by atoms with E-state index < -0.39 is 0 Å². The van der Waals surface area contributed by atoms with E-state index in [4.69, 9.17) is 21.6 Å². The topological polar surface area (TPSA) is 45.9 Å². The molecule has 0 radical (unpaired) electrons. The van der Waals surface area contributed by atoms with Crippen LogP contribution in [0.15, 0.2) is 24.3 Å². The first kappa shape index (κ1) is 13.4. The van der Waals surface area contributed by atoms with Gasteiger partial charge in [-0.3, -0.25) is 0 Å². The Hall–Kier alpha value is -2.05. The lowest BCUT2D eigenvalue weighted by molar-refractivity contribution is 0.453. The smallest absolute Gasteiger partial charge is 0.237 e. The minimum atomic E-state index is 0.330. The maximum atomic E-state index is 9.08. The predicted octanol–water partition coefficient (Wildman–Crippen LogP) is 4.32. The van der Waals surface area contributed by atoms with Crippen LogP contribution in [0.25, 0.3) is 0 Å². The van der Waals surface area contributed by atoms with Crippen LogP contribution >= 0.6 is 11.6 Å². The number of hydrogen-bond donors (Lipinski definition) is 0. The third kappa shape index (κ3) is 2.86. The Morgan fingerprint density at radius 3 is 2.37 bits per heavy atom. The van der Waals surface area contributed by atoms with Crippen LogP contribution in [0, 0.1) is 32.1 Å². The van der Waals surface area contributed by atoms with Crippen molar-refractivity contribution < 1.29 is 4.74 Å². The van der Waals surface area contributed by atoms with Crippen LogP contribution in [0.3, 0.4) is 0 Å². The van der Waals surface area contributed by atoms with Gasteiger partial charge in [-0.2, -0.15) is 5.26 Å². The Kier molecular flexibility index (Phi) is 3.73. The summed E-state index contributed by atoms with van der Waals surface area (Å²) in [6, 6.07) is 9.22. The van der Waals surface area contributed by atoms with E-state index in [9.17, 15) is 0 Å². The van der Waals surface area contributed by atoms with Crippen molar-refractivity contribution in [1.29, 1.82) is 5.26 Å². The van der Waals surface area contributed by atoms with Crippen LogP contribution in [0.4, 0.5) is 0 Å². The molecule has 4 heteroatoms. The molecule has 0 N–H and O–H groups in total. The van der Waals surface area contributed by atoms with Crippen LogP contribution in [0.5, 0.6) is 11.6 Å². The first-order chi connectivity index (χ1) is 9.01. The Bertz CT molecular complexity index is 651. The molecule has 0 fully saturated rings. The quantitative estimate of drug-likeness (QED) is 0.818. The molecule has 96 valence electrons. The molecule has 0 spiro atoms. The number of aromatic nitrogens is 1. The van der Waals surface area contributed by atoms with Gasteiger partial charge in [0.05, 0.1) is 0 Å². The number of rotatable bonds is 2. The molecule has 3 nitrogen and oxygen atoms in total. The summed E-state index contributed by atoms with van der Waals surface area (Å²) >= 11 is 5.99. The van der Waals surface area contributed by atoms with Crippen molar-refractivity contribution >= 4 is 11.6 Å². The number of ether oxygens (including phenoxy) is 1. The molecule has 0 aliphatic carbocycles. The second-order valence-electron chi connectivity index (χ2n) is 4.39. The number of nitriles is 1. The predicted molar refractivity (Wildman–Crippen MR) is 74.7 cm³/mol. The van der Waals surface area contributed by atoms with E-state index in [1.54, 1.807) is 12.1 Å². The summed E-state index contributed by atoms with van der Waals surface area (Å²) in [7, 11) is 0. The summed E-state index contributed by atoms with van der Waals surface area (Å²) in [5.74, 6) is 1.02. The molecule has 0 atom stereocenters. The lowest BCUT2D eigenvalue weighted by Crippen LogP contribution is -1.97. The lowest BCUT2D eigenvalue weighted by atomic mass is 10.1. The molecule has 1 heterocycles. The first-order valence-corrected chi connectivity index (χ1v) is 6.21. The summed E-state index contributed by atoms with van der Waals surface area (Å²) in [5.41, 5.74) is 3.05. The van der Waals surface area contributed by atoms with Crippen molar-refractivity contribution in [3.8, 4) is 17.7 Å². The molecule has 0 unspecified atom stereocenters. The molecular weight excluding hydrogens is 260 g/mol. The Labute approximate surface area is 117 Å². The number of pyridine rings is 1. The molecule has 0 saturated carbocycles. The molecule has 0 aliphatic rings. The van der Waals surface area contributed by atoms with Crippen LogP contribution in [0.2, 0.25) is 5.02 Å². The van der Waals surface area contributed by atoms with Gasteiger partial charge in [0.15, 0.2) is 0 Å². The third-order valence-electron chi connectivity index (χ3n) is 2.74. The number of halogens is 1. The van der Waals surface area contributed by atoms with Gasteiger partial charge < -0.3 is 4.74 Å². The maximum Gasteiger partial charge on any atom is 0.237 e. The Balaban J connectivity index is 2.48. The molecule has 0 bridgehead atoms. The van der Waals surface area contributed by atoms with Crippen molar-refractivity contribution in [2.24, 2.45) is 0 Å². The van der Waals surface area contributed by atoms with Crippen LogP contribution in [0.1, 0.15) is 22.4 Å². The van der Waals surface area contributed by atoms with Crippen molar-refractivity contribution in [1.82, 2.24) is 4.98 Å². The van der Waals surface area contributed by atoms with Gasteiger partial charge in [-0.25, -0.2) is 4.98 Å². The fraction of sp³-hybridized carbons (Fsp3) is 0.200. The van der Waals surface area contributed by atoms with Crippen molar-refractivity contribution in [3.63, 3.8) is 0 Å². The van der Waals surface area contributed by atoms with Crippen molar-refractivity contribution in [3.05, 3.63) is 51.7 Å². The summed E-state index contributed by atoms with van der Waals surface area (Å²) in [4.78, 5) is 4.27. The molecule has 0 amide bonds. The highest BCUT2D eigenvalue weighted by atomic mass is 35.5. The number of hydrogen-bond acceptors (Lipinski definition) is 3. The van der Waals surface area contributed by atoms with Crippen molar-refractivity contribution in [2.75, 3.05) is 0 Å². The molecule has 2 rings (SSSR count). The Morgan fingerprint density at radius 2 is 1.79 bits per heavy atom. The second kappa shape index (κ2) is 5.29. The lowest BCUT2D eigenvalue weighted by Gasteiger charge is -2.12. The zero-order chi connectivity index (χ0) is 14.0. The SMILES string of the molecule is Cc1ccc(C#N)c(Oc2c(C)cc(Cl)cc2C)n1. The minimum Gasteiger partial charge on any atom is -0.437 e. The molecule has 0 aliphatic heterocycles. The van der Waals surface area contributed by atoms with Crippen LogP contribution < -0.4 is 4.74 Å². The minimum absolute atomic E-state index is 0.330. The zero-order valence-electron chi connectivity index (χ0n) is 11.0. The average molecular weight is 273 g/mol. The summed E-state index contributed by atoms with van der Waals surface area (Å²) in [6.45, 7) is 5.68. The standard InChI is InChI=1S/C15H13ClN2O/c1-9-6-13(16)7-10(2)14(9)19-15-12(8-17)5-4-11(3)18-15/h4-7H,1-3H3. The van der Waals surface area contributed by atoms with E-state index in [-0.39, 0.29) is 0 Å². The molecule has 19 heavy (non-hydrogen) atoms. The molecule has 2 aromatic rings. The molecule has 1 aromatic carbocycles. The van der Waals surface area contributed by atoms with Crippen LogP contribution in [-0.2, 0) is 0 Å². The van der Waals surface area contributed by atoms with E-state index in [1.807, 2.05) is 32.9 Å². The molecular formula is C15H13ClN2O. The highest BCUT2D eigenvalue weighted by Crippen LogP contribution is 2.31. The van der Waals surface area contributed by atoms with Gasteiger partial charge >= 0.3 is 0 Å². The highest BCUT2D eigenvalue weighted by Gasteiger charge is 2.11. The molecule has 1 aromatic heterocycles. The summed E-state index contributed by atoms with van der Waals surface area (Å²) < 4.78 is 5.81. The van der Waals surface area contributed by atoms with Crippen molar-refractivity contribution in [2.45, 2.75) is 20.8 Å². The first-order valence-electron chi connectivity index (χ1n) is 5.83. The van der Waals surface area contributed by atoms with Gasteiger partial charge in [-0.1, -0.05) is 11.6 Å². The van der Waals surface area contributed by atoms with Gasteiger partial charge in [0.2, 0.25) is 5.88 Å². The van der Waals surface area contributed by atoms with E-state index in [1.165, 1.54) is 0 Å². The van der Waals surface area contributed by atoms with E-state index >= 15 is 0 Å². The van der Waals surface area contributed by atoms with E-state index in [2.05, 4.69) is 11.1 Å². The average Bonchev–Trinajstić information content (AvgIpc) is 2.34.